The molecule has 108 valence electrons. The first-order chi connectivity index (χ1) is 10.0. The van der Waals surface area contributed by atoms with Gasteiger partial charge in [0, 0.05) is 6.07 Å². The summed E-state index contributed by atoms with van der Waals surface area (Å²) < 4.78 is 28.5. The van der Waals surface area contributed by atoms with Gasteiger partial charge in [0.2, 0.25) is 0 Å². The highest BCUT2D eigenvalue weighted by Gasteiger charge is 2.16. The average Bonchev–Trinajstić information content (AvgIpc) is 2.77. The predicted molar refractivity (Wildman–Crippen MR) is 80.6 cm³/mol. The molecule has 0 unspecified atom stereocenters. The molecule has 0 aliphatic rings. The zero-order valence-corrected chi connectivity index (χ0v) is 12.6. The lowest BCUT2D eigenvalue weighted by molar-refractivity contribution is 0.627. The Hall–Kier alpha value is -1.36. The fourth-order valence-corrected chi connectivity index (χ4v) is 2.73. The molecular weight excluding hydrogens is 341 g/mol. The molecule has 2 aromatic carbocycles. The van der Waals surface area contributed by atoms with Crippen molar-refractivity contribution in [1.82, 2.24) is 9.55 Å². The number of halogens is 5. The van der Waals surface area contributed by atoms with Crippen LogP contribution in [0, 0.1) is 11.6 Å². The predicted octanol–water partition coefficient (Wildman–Crippen LogP) is 5.35. The van der Waals surface area contributed by atoms with E-state index in [1.165, 1.54) is 30.3 Å². The Balaban J connectivity index is 2.37. The quantitative estimate of drug-likeness (QED) is 0.571. The Morgan fingerprint density at radius 3 is 2.48 bits per heavy atom. The van der Waals surface area contributed by atoms with Gasteiger partial charge in [-0.2, -0.15) is 0 Å². The summed E-state index contributed by atoms with van der Waals surface area (Å²) in [5.41, 5.74) is 1.41. The maximum atomic E-state index is 13.7. The second-order valence-electron chi connectivity index (χ2n) is 4.35. The molecule has 0 saturated carbocycles. The van der Waals surface area contributed by atoms with Gasteiger partial charge in [-0.3, -0.25) is 4.57 Å². The molecule has 0 aliphatic heterocycles. The number of imidazole rings is 1. The van der Waals surface area contributed by atoms with Crippen molar-refractivity contribution in [2.45, 2.75) is 5.88 Å². The van der Waals surface area contributed by atoms with Crippen molar-refractivity contribution < 1.29 is 8.78 Å². The number of hydrogen-bond donors (Lipinski definition) is 0. The molecular formula is C14H7Cl3F2N2. The Bertz CT molecular complexity index is 846. The first-order valence-corrected chi connectivity index (χ1v) is 7.18. The molecule has 0 atom stereocenters. The minimum absolute atomic E-state index is 0.0292. The van der Waals surface area contributed by atoms with Gasteiger partial charge in [-0.1, -0.05) is 23.2 Å². The monoisotopic (exact) mass is 346 g/mol. The smallest absolute Gasteiger partial charge is 0.144 e. The zero-order valence-electron chi connectivity index (χ0n) is 10.4. The van der Waals surface area contributed by atoms with Crippen molar-refractivity contribution >= 4 is 45.8 Å². The van der Waals surface area contributed by atoms with Crippen LogP contribution in [0.2, 0.25) is 10.0 Å². The normalized spacial score (nSPS) is 11.3. The topological polar surface area (TPSA) is 17.8 Å². The third kappa shape index (κ3) is 2.48. The highest BCUT2D eigenvalue weighted by Crippen LogP contribution is 2.30. The molecule has 0 N–H and O–H groups in total. The molecule has 1 aromatic heterocycles. The van der Waals surface area contributed by atoms with Crippen LogP contribution in [-0.4, -0.2) is 9.55 Å². The van der Waals surface area contributed by atoms with Crippen molar-refractivity contribution in [2.75, 3.05) is 0 Å². The van der Waals surface area contributed by atoms with Gasteiger partial charge in [-0.25, -0.2) is 13.8 Å². The van der Waals surface area contributed by atoms with Crippen LogP contribution in [0.4, 0.5) is 8.78 Å². The first kappa shape index (κ1) is 14.6. The summed E-state index contributed by atoms with van der Waals surface area (Å²) >= 11 is 17.7. The summed E-state index contributed by atoms with van der Waals surface area (Å²) in [4.78, 5) is 4.30. The fourth-order valence-electron chi connectivity index (χ4n) is 2.14. The zero-order chi connectivity index (χ0) is 15.1. The molecule has 21 heavy (non-hydrogen) atoms. The van der Waals surface area contributed by atoms with E-state index in [0.29, 0.717) is 22.5 Å². The Kier molecular flexibility index (Phi) is 3.78. The standard InChI is InChI=1S/C14H7Cl3F2N2/c15-6-14-20-11-4-8(16)10(19)5-13(11)21(14)12-2-1-7(18)3-9(12)17/h1-5H,6H2. The molecule has 7 heteroatoms. The van der Waals surface area contributed by atoms with Gasteiger partial charge in [0.15, 0.2) is 0 Å². The third-order valence-corrected chi connectivity index (χ3v) is 3.87. The van der Waals surface area contributed by atoms with Crippen LogP contribution in [0.25, 0.3) is 16.7 Å². The lowest BCUT2D eigenvalue weighted by Crippen LogP contribution is -2.00. The number of aromatic nitrogens is 2. The molecule has 0 amide bonds. The minimum atomic E-state index is -0.579. The van der Waals surface area contributed by atoms with Crippen LogP contribution < -0.4 is 0 Å². The first-order valence-electron chi connectivity index (χ1n) is 5.89. The highest BCUT2D eigenvalue weighted by atomic mass is 35.5. The largest absolute Gasteiger partial charge is 0.294 e. The summed E-state index contributed by atoms with van der Waals surface area (Å²) in [7, 11) is 0. The van der Waals surface area contributed by atoms with Gasteiger partial charge < -0.3 is 0 Å². The van der Waals surface area contributed by atoms with Crippen LogP contribution in [0.3, 0.4) is 0 Å². The van der Waals surface area contributed by atoms with Crippen molar-refractivity contribution in [2.24, 2.45) is 0 Å². The molecule has 0 aliphatic carbocycles. The summed E-state index contributed by atoms with van der Waals surface area (Å²) in [5, 5.41) is 0.148. The molecule has 3 aromatic rings. The van der Waals surface area contributed by atoms with Crippen LogP contribution in [0.15, 0.2) is 30.3 Å². The number of nitrogens with zero attached hydrogens (tertiary/aromatic N) is 2. The van der Waals surface area contributed by atoms with Crippen molar-refractivity contribution in [3.05, 3.63) is 57.8 Å². The number of rotatable bonds is 2. The van der Waals surface area contributed by atoms with E-state index in [-0.39, 0.29) is 15.9 Å². The SMILES string of the molecule is Fc1ccc(-n2c(CCl)nc3cc(Cl)c(F)cc32)c(Cl)c1. The van der Waals surface area contributed by atoms with E-state index in [1.807, 2.05) is 0 Å². The summed E-state index contributed by atoms with van der Waals surface area (Å²) in [6.07, 6.45) is 0. The molecule has 3 rings (SSSR count). The number of hydrogen-bond acceptors (Lipinski definition) is 1. The van der Waals surface area contributed by atoms with Crippen LogP contribution in [0.5, 0.6) is 0 Å². The molecule has 2 nitrogen and oxygen atoms in total. The van der Waals surface area contributed by atoms with E-state index in [2.05, 4.69) is 4.98 Å². The lowest BCUT2D eigenvalue weighted by atomic mass is 10.2. The van der Waals surface area contributed by atoms with E-state index < -0.39 is 11.6 Å². The Morgan fingerprint density at radius 2 is 1.81 bits per heavy atom. The van der Waals surface area contributed by atoms with Gasteiger partial charge in [-0.05, 0) is 24.3 Å². The van der Waals surface area contributed by atoms with Gasteiger partial charge in [-0.15, -0.1) is 11.6 Å². The van der Waals surface area contributed by atoms with Gasteiger partial charge in [0.1, 0.15) is 17.5 Å². The van der Waals surface area contributed by atoms with Gasteiger partial charge in [0.05, 0.1) is 32.6 Å². The Morgan fingerprint density at radius 1 is 1.05 bits per heavy atom. The average molecular weight is 348 g/mol. The van der Waals surface area contributed by atoms with Crippen LogP contribution >= 0.6 is 34.8 Å². The van der Waals surface area contributed by atoms with E-state index in [1.54, 1.807) is 4.57 Å². The Labute approximate surface area is 133 Å². The summed E-state index contributed by atoms with van der Waals surface area (Å²) in [5.74, 6) is -0.497. The second-order valence-corrected chi connectivity index (χ2v) is 5.43. The van der Waals surface area contributed by atoms with E-state index in [4.69, 9.17) is 34.8 Å². The third-order valence-electron chi connectivity index (χ3n) is 3.04. The molecule has 0 spiro atoms. The van der Waals surface area contributed by atoms with Crippen LogP contribution in [-0.2, 0) is 5.88 Å². The van der Waals surface area contributed by atoms with Gasteiger partial charge >= 0.3 is 0 Å². The maximum Gasteiger partial charge on any atom is 0.144 e. The molecule has 0 fully saturated rings. The number of fused-ring (bicyclic) bond motifs is 1. The summed E-state index contributed by atoms with van der Waals surface area (Å²) in [6, 6.07) is 6.59. The summed E-state index contributed by atoms with van der Waals surface area (Å²) in [6.45, 7) is 0. The molecule has 0 bridgehead atoms. The van der Waals surface area contributed by atoms with Crippen molar-refractivity contribution in [3.63, 3.8) is 0 Å². The van der Waals surface area contributed by atoms with E-state index in [0.717, 1.165) is 0 Å². The van der Waals surface area contributed by atoms with Crippen molar-refractivity contribution in [1.29, 1.82) is 0 Å². The lowest BCUT2D eigenvalue weighted by Gasteiger charge is -2.10. The van der Waals surface area contributed by atoms with E-state index >= 15 is 0 Å². The maximum absolute atomic E-state index is 13.7. The number of alkyl halides is 1. The number of benzene rings is 2. The molecule has 0 radical (unpaired) electrons. The van der Waals surface area contributed by atoms with Crippen LogP contribution in [0.1, 0.15) is 5.82 Å². The van der Waals surface area contributed by atoms with Crippen molar-refractivity contribution in [3.8, 4) is 5.69 Å². The van der Waals surface area contributed by atoms with E-state index in [9.17, 15) is 8.78 Å². The highest BCUT2D eigenvalue weighted by molar-refractivity contribution is 6.32. The molecule has 1 heterocycles. The molecule has 0 saturated heterocycles. The second kappa shape index (κ2) is 5.44. The fraction of sp³-hybridized carbons (Fsp3) is 0.0714. The minimum Gasteiger partial charge on any atom is -0.294 e. The van der Waals surface area contributed by atoms with Gasteiger partial charge in [0.25, 0.3) is 0 Å².